The molecular weight excluding hydrogens is 328 g/mol. The minimum Gasteiger partial charge on any atom is -0.462 e. The van der Waals surface area contributed by atoms with Gasteiger partial charge in [0.2, 0.25) is 0 Å². The van der Waals surface area contributed by atoms with Crippen LogP contribution in [0, 0.1) is 13.8 Å². The minimum atomic E-state index is -0.369. The number of aromatic nitrogens is 1. The van der Waals surface area contributed by atoms with E-state index in [2.05, 4.69) is 10.5 Å². The zero-order valence-electron chi connectivity index (χ0n) is 14.0. The van der Waals surface area contributed by atoms with Gasteiger partial charge in [-0.25, -0.2) is 4.79 Å². The van der Waals surface area contributed by atoms with Crippen molar-refractivity contribution in [3.63, 3.8) is 0 Å². The summed E-state index contributed by atoms with van der Waals surface area (Å²) in [6.07, 6.45) is 3.94. The van der Waals surface area contributed by atoms with Crippen LogP contribution in [0.5, 0.6) is 0 Å². The Balaban J connectivity index is 1.97. The van der Waals surface area contributed by atoms with Crippen molar-refractivity contribution in [1.82, 2.24) is 5.16 Å². The first-order chi connectivity index (χ1) is 11.5. The van der Waals surface area contributed by atoms with Gasteiger partial charge >= 0.3 is 5.97 Å². The lowest BCUT2D eigenvalue weighted by molar-refractivity contribution is 0.0526. The molecule has 0 unspecified atom stereocenters. The van der Waals surface area contributed by atoms with Crippen molar-refractivity contribution < 1.29 is 18.8 Å². The van der Waals surface area contributed by atoms with Gasteiger partial charge < -0.3 is 14.6 Å². The second kappa shape index (κ2) is 6.76. The van der Waals surface area contributed by atoms with Crippen LogP contribution >= 0.6 is 11.3 Å². The molecule has 2 aromatic rings. The van der Waals surface area contributed by atoms with Crippen LogP contribution in [-0.2, 0) is 17.6 Å². The molecule has 6 nitrogen and oxygen atoms in total. The third-order valence-corrected chi connectivity index (χ3v) is 5.35. The molecule has 0 aliphatic heterocycles. The highest BCUT2D eigenvalue weighted by molar-refractivity contribution is 7.17. The molecule has 1 aliphatic rings. The quantitative estimate of drug-likeness (QED) is 0.853. The Morgan fingerprint density at radius 1 is 1.25 bits per heavy atom. The van der Waals surface area contributed by atoms with E-state index in [1.807, 2.05) is 0 Å². The number of hydrogen-bond acceptors (Lipinski definition) is 6. The maximum atomic E-state index is 12.6. The fourth-order valence-corrected chi connectivity index (χ4v) is 4.32. The monoisotopic (exact) mass is 348 g/mol. The number of fused-ring (bicyclic) bond motifs is 1. The molecule has 128 valence electrons. The summed E-state index contributed by atoms with van der Waals surface area (Å²) in [6, 6.07) is 0. The largest absolute Gasteiger partial charge is 0.462 e. The average Bonchev–Trinajstić information content (AvgIpc) is 3.07. The number of nitrogens with one attached hydrogen (secondary N) is 1. The van der Waals surface area contributed by atoms with Crippen LogP contribution < -0.4 is 5.32 Å². The number of rotatable bonds is 4. The molecule has 3 rings (SSSR count). The normalized spacial score (nSPS) is 13.5. The molecule has 0 bridgehead atoms. The van der Waals surface area contributed by atoms with Gasteiger partial charge in [0.1, 0.15) is 16.3 Å². The van der Waals surface area contributed by atoms with Crippen LogP contribution in [0.1, 0.15) is 62.4 Å². The van der Waals surface area contributed by atoms with Gasteiger partial charge in [-0.1, -0.05) is 5.16 Å². The summed E-state index contributed by atoms with van der Waals surface area (Å²) < 4.78 is 10.3. The molecule has 7 heteroatoms. The van der Waals surface area contributed by atoms with Gasteiger partial charge in [-0.15, -0.1) is 11.3 Å². The van der Waals surface area contributed by atoms with Gasteiger partial charge in [0.25, 0.3) is 5.91 Å². The Morgan fingerprint density at radius 2 is 2.00 bits per heavy atom. The predicted molar refractivity (Wildman–Crippen MR) is 90.8 cm³/mol. The number of thiophene rings is 1. The Hall–Kier alpha value is -2.15. The van der Waals surface area contributed by atoms with E-state index >= 15 is 0 Å². The summed E-state index contributed by atoms with van der Waals surface area (Å²) in [5.74, 6) is -0.217. The Labute approximate surface area is 144 Å². The summed E-state index contributed by atoms with van der Waals surface area (Å²) in [7, 11) is 0. The van der Waals surface area contributed by atoms with Crippen LogP contribution in [0.3, 0.4) is 0 Å². The molecule has 0 spiro atoms. The molecule has 1 aliphatic carbocycles. The summed E-state index contributed by atoms with van der Waals surface area (Å²) in [4.78, 5) is 26.2. The summed E-state index contributed by atoms with van der Waals surface area (Å²) in [5.41, 5.74) is 2.48. The molecule has 24 heavy (non-hydrogen) atoms. The van der Waals surface area contributed by atoms with Gasteiger partial charge in [-0.3, -0.25) is 4.79 Å². The highest BCUT2D eigenvalue weighted by Crippen LogP contribution is 2.39. The number of carbonyl (C=O) groups excluding carboxylic acids is 2. The van der Waals surface area contributed by atoms with Crippen molar-refractivity contribution in [3.8, 4) is 0 Å². The number of hydrogen-bond donors (Lipinski definition) is 1. The number of nitrogens with zero attached hydrogens (tertiary/aromatic N) is 1. The van der Waals surface area contributed by atoms with Crippen LogP contribution in [0.4, 0.5) is 5.00 Å². The lowest BCUT2D eigenvalue weighted by Crippen LogP contribution is -2.16. The van der Waals surface area contributed by atoms with Crippen LogP contribution in [0.2, 0.25) is 0 Å². The van der Waals surface area contributed by atoms with Crippen molar-refractivity contribution >= 4 is 28.2 Å². The maximum Gasteiger partial charge on any atom is 0.341 e. The maximum absolute atomic E-state index is 12.6. The molecular formula is C17H20N2O4S. The molecule has 2 aromatic heterocycles. The van der Waals surface area contributed by atoms with E-state index < -0.39 is 0 Å². The van der Waals surface area contributed by atoms with Crippen molar-refractivity contribution in [1.29, 1.82) is 0 Å². The Kier molecular flexibility index (Phi) is 4.71. The third-order valence-electron chi connectivity index (χ3n) is 4.14. The average molecular weight is 348 g/mol. The number of ether oxygens (including phenoxy) is 1. The highest BCUT2D eigenvalue weighted by Gasteiger charge is 2.28. The van der Waals surface area contributed by atoms with E-state index in [9.17, 15) is 9.59 Å². The van der Waals surface area contributed by atoms with E-state index in [0.717, 1.165) is 31.2 Å². The summed E-state index contributed by atoms with van der Waals surface area (Å²) >= 11 is 1.47. The van der Waals surface area contributed by atoms with Crippen LogP contribution in [0.25, 0.3) is 0 Å². The molecule has 0 aromatic carbocycles. The molecule has 1 amide bonds. The Bertz CT molecular complexity index is 771. The van der Waals surface area contributed by atoms with Gasteiger partial charge in [0.05, 0.1) is 17.9 Å². The van der Waals surface area contributed by atoms with Crippen molar-refractivity contribution in [2.24, 2.45) is 0 Å². The third kappa shape index (κ3) is 2.96. The Morgan fingerprint density at radius 3 is 2.67 bits per heavy atom. The number of esters is 1. The van der Waals surface area contributed by atoms with Crippen molar-refractivity contribution in [3.05, 3.63) is 33.0 Å². The van der Waals surface area contributed by atoms with E-state index in [-0.39, 0.29) is 11.9 Å². The molecule has 0 radical (unpaired) electrons. The first-order valence-corrected chi connectivity index (χ1v) is 8.90. The zero-order chi connectivity index (χ0) is 17.3. The molecule has 0 saturated heterocycles. The highest BCUT2D eigenvalue weighted by atomic mass is 32.1. The van der Waals surface area contributed by atoms with E-state index in [1.54, 1.807) is 20.8 Å². The van der Waals surface area contributed by atoms with Gasteiger partial charge in [-0.05, 0) is 52.0 Å². The second-order valence-electron chi connectivity index (χ2n) is 5.79. The van der Waals surface area contributed by atoms with E-state index in [0.29, 0.717) is 34.2 Å². The molecule has 0 atom stereocenters. The molecule has 2 heterocycles. The summed E-state index contributed by atoms with van der Waals surface area (Å²) in [6.45, 7) is 5.50. The molecule has 1 N–H and O–H groups in total. The lowest BCUT2D eigenvalue weighted by atomic mass is 9.95. The summed E-state index contributed by atoms with van der Waals surface area (Å²) in [5, 5.41) is 7.24. The van der Waals surface area contributed by atoms with Crippen molar-refractivity contribution in [2.45, 2.75) is 46.5 Å². The smallest absolute Gasteiger partial charge is 0.341 e. The van der Waals surface area contributed by atoms with Crippen LogP contribution in [0.15, 0.2) is 4.52 Å². The predicted octanol–water partition coefficient (Wildman–Crippen LogP) is 3.66. The molecule has 0 fully saturated rings. The number of aryl methyl sites for hydroxylation is 3. The van der Waals surface area contributed by atoms with E-state index in [1.165, 1.54) is 16.2 Å². The fraction of sp³-hybridized carbons (Fsp3) is 0.471. The number of amides is 1. The topological polar surface area (TPSA) is 81.4 Å². The van der Waals surface area contributed by atoms with E-state index in [4.69, 9.17) is 9.26 Å². The van der Waals surface area contributed by atoms with Gasteiger partial charge in [0, 0.05) is 4.88 Å². The van der Waals surface area contributed by atoms with Gasteiger partial charge in [-0.2, -0.15) is 0 Å². The standard InChI is InChI=1S/C17H20N2O4S/c1-4-22-17(21)14-11-7-5-6-8-12(11)24-16(14)18-15(20)13-9(2)19-23-10(13)3/h4-8H2,1-3H3,(H,18,20). The first kappa shape index (κ1) is 16.7. The SMILES string of the molecule is CCOC(=O)c1c(NC(=O)c2c(C)noc2C)sc2c1CCCC2. The van der Waals surface area contributed by atoms with Crippen LogP contribution in [-0.4, -0.2) is 23.6 Å². The second-order valence-corrected chi connectivity index (χ2v) is 6.89. The molecule has 0 saturated carbocycles. The first-order valence-electron chi connectivity index (χ1n) is 8.08. The fourth-order valence-electron chi connectivity index (χ4n) is 3.05. The minimum absolute atomic E-state index is 0.306. The number of anilines is 1. The number of carbonyl (C=O) groups is 2. The zero-order valence-corrected chi connectivity index (χ0v) is 14.8. The lowest BCUT2D eigenvalue weighted by Gasteiger charge is -2.12. The van der Waals surface area contributed by atoms with Crippen molar-refractivity contribution in [2.75, 3.05) is 11.9 Å². The van der Waals surface area contributed by atoms with Gasteiger partial charge in [0.15, 0.2) is 0 Å².